The second kappa shape index (κ2) is 10.5. The molecular weight excluding hydrogens is 443 g/mol. The Morgan fingerprint density at radius 1 is 1.21 bits per heavy atom. The van der Waals surface area contributed by atoms with Crippen LogP contribution in [0.25, 0.3) is 16.8 Å². The van der Waals surface area contributed by atoms with Crippen molar-refractivity contribution in [2.75, 3.05) is 0 Å². The highest BCUT2D eigenvalue weighted by Gasteiger charge is 2.40. The monoisotopic (exact) mass is 479 g/mol. The fourth-order valence-electron chi connectivity index (χ4n) is 4.64. The van der Waals surface area contributed by atoms with Gasteiger partial charge in [0.25, 0.3) is 0 Å². The normalized spacial score (nSPS) is 22.2. The van der Waals surface area contributed by atoms with E-state index in [0.717, 1.165) is 56.7 Å². The molecule has 2 fully saturated rings. The smallest absolute Gasteiger partial charge is 0.404 e. The van der Waals surface area contributed by atoms with Crippen molar-refractivity contribution in [2.45, 2.75) is 90.4 Å². The number of nitrogens with zero attached hydrogens (tertiary/aromatic N) is 2. The van der Waals surface area contributed by atoms with Crippen LogP contribution in [0.1, 0.15) is 87.7 Å². The van der Waals surface area contributed by atoms with Gasteiger partial charge in [0.15, 0.2) is 0 Å². The lowest BCUT2D eigenvalue weighted by atomic mass is 10.00. The van der Waals surface area contributed by atoms with Gasteiger partial charge in [-0.05, 0) is 63.4 Å². The summed E-state index contributed by atoms with van der Waals surface area (Å²) in [6, 6.07) is 0.569. The molecule has 0 aromatic carbocycles. The largest absolute Gasteiger partial charge is 0.416 e. The molecule has 1 aromatic rings. The van der Waals surface area contributed by atoms with E-state index in [1.165, 1.54) is 17.4 Å². The summed E-state index contributed by atoms with van der Waals surface area (Å²) in [6.45, 7) is 14.8. The summed E-state index contributed by atoms with van der Waals surface area (Å²) >= 11 is 1.24. The Balaban J connectivity index is 2.10. The third kappa shape index (κ3) is 5.73. The Bertz CT molecular complexity index is 937. The van der Waals surface area contributed by atoms with Crippen LogP contribution in [-0.2, 0) is 0 Å². The Morgan fingerprint density at radius 2 is 1.91 bits per heavy atom. The van der Waals surface area contributed by atoms with Gasteiger partial charge in [-0.25, -0.2) is 4.98 Å². The van der Waals surface area contributed by atoms with Crippen molar-refractivity contribution in [3.63, 3.8) is 0 Å². The summed E-state index contributed by atoms with van der Waals surface area (Å²) in [5.41, 5.74) is 7.20. The highest BCUT2D eigenvalue weighted by Crippen LogP contribution is 2.45. The molecule has 2 aliphatic rings. The van der Waals surface area contributed by atoms with Crippen molar-refractivity contribution in [1.82, 2.24) is 9.88 Å². The van der Waals surface area contributed by atoms with Crippen molar-refractivity contribution in [3.8, 4) is 0 Å². The van der Waals surface area contributed by atoms with E-state index in [0.29, 0.717) is 39.7 Å². The van der Waals surface area contributed by atoms with Crippen molar-refractivity contribution >= 4 is 28.2 Å². The minimum absolute atomic E-state index is 0.00718. The summed E-state index contributed by atoms with van der Waals surface area (Å²) in [4.78, 5) is 7.47. The van der Waals surface area contributed by atoms with Crippen LogP contribution in [0.15, 0.2) is 31.0 Å². The number of hydrogen-bond acceptors (Lipinski definition) is 4. The molecule has 2 heterocycles. The molecule has 2 atom stereocenters. The minimum Gasteiger partial charge on any atom is -0.404 e. The Hall–Kier alpha value is -2.02. The number of rotatable bonds is 10. The summed E-state index contributed by atoms with van der Waals surface area (Å²) in [5.74, 6) is 0.341. The molecule has 182 valence electrons. The van der Waals surface area contributed by atoms with Crippen LogP contribution >= 0.6 is 11.3 Å². The molecule has 3 nitrogen and oxygen atoms in total. The zero-order valence-corrected chi connectivity index (χ0v) is 20.8. The molecule has 7 heteroatoms. The van der Waals surface area contributed by atoms with Gasteiger partial charge in [0.2, 0.25) is 0 Å². The summed E-state index contributed by atoms with van der Waals surface area (Å²) in [5, 5.41) is 0.658. The number of aromatic nitrogens is 1. The Morgan fingerprint density at radius 3 is 2.45 bits per heavy atom. The maximum Gasteiger partial charge on any atom is 0.416 e. The van der Waals surface area contributed by atoms with Gasteiger partial charge in [-0.15, -0.1) is 11.3 Å². The minimum atomic E-state index is -4.50. The zero-order chi connectivity index (χ0) is 24.3. The average Bonchev–Trinajstić information content (AvgIpc) is 3.35. The molecule has 1 aliphatic carbocycles. The van der Waals surface area contributed by atoms with E-state index in [9.17, 15) is 13.2 Å². The highest BCUT2D eigenvalue weighted by atomic mass is 32.1. The van der Waals surface area contributed by atoms with Gasteiger partial charge in [-0.3, -0.25) is 0 Å². The lowest BCUT2D eigenvalue weighted by Gasteiger charge is -2.32. The molecule has 33 heavy (non-hydrogen) atoms. The van der Waals surface area contributed by atoms with Gasteiger partial charge in [-0.2, -0.15) is 13.2 Å². The predicted octanol–water partition coefficient (Wildman–Crippen LogP) is 7.78. The molecule has 0 amide bonds. The van der Waals surface area contributed by atoms with Crippen molar-refractivity contribution in [3.05, 3.63) is 46.6 Å². The number of allylic oxidation sites excluding steroid dienone is 4. The zero-order valence-electron chi connectivity index (χ0n) is 20.0. The van der Waals surface area contributed by atoms with E-state index in [1.807, 2.05) is 6.92 Å². The highest BCUT2D eigenvalue weighted by molar-refractivity contribution is 7.14. The summed E-state index contributed by atoms with van der Waals surface area (Å²) in [7, 11) is 0. The van der Waals surface area contributed by atoms with E-state index in [4.69, 9.17) is 10.7 Å². The molecule has 1 saturated heterocycles. The topological polar surface area (TPSA) is 42.2 Å². The Labute approximate surface area is 200 Å². The average molecular weight is 480 g/mol. The Kier molecular flexibility index (Phi) is 8.14. The van der Waals surface area contributed by atoms with Crippen molar-refractivity contribution < 1.29 is 13.2 Å². The molecular formula is C26H36F3N3S. The molecule has 2 unspecified atom stereocenters. The lowest BCUT2D eigenvalue weighted by Crippen LogP contribution is -2.32. The van der Waals surface area contributed by atoms with Crippen LogP contribution in [0.4, 0.5) is 13.2 Å². The molecule has 0 radical (unpaired) electrons. The molecule has 1 aromatic heterocycles. The van der Waals surface area contributed by atoms with Gasteiger partial charge in [-0.1, -0.05) is 39.5 Å². The van der Waals surface area contributed by atoms with Gasteiger partial charge in [0.1, 0.15) is 10.7 Å². The molecule has 1 saturated carbocycles. The second-order valence-corrected chi connectivity index (χ2v) is 10.3. The molecule has 0 spiro atoms. The number of likely N-dealkylation sites (tertiary alicyclic amines) is 1. The van der Waals surface area contributed by atoms with E-state index < -0.39 is 11.7 Å². The van der Waals surface area contributed by atoms with Gasteiger partial charge in [0.05, 0.1) is 16.1 Å². The fraction of sp³-hybridized carbons (Fsp3) is 0.577. The van der Waals surface area contributed by atoms with Gasteiger partial charge < -0.3 is 10.6 Å². The van der Waals surface area contributed by atoms with Crippen LogP contribution in [0.3, 0.4) is 0 Å². The fourth-order valence-corrected chi connectivity index (χ4v) is 5.77. The van der Waals surface area contributed by atoms with Crippen LogP contribution in [0.5, 0.6) is 0 Å². The first kappa shape index (κ1) is 25.6. The number of nitrogens with two attached hydrogens (primary N) is 1. The SMILES string of the molecule is C=C(CCC)c1nc(C(=C)N2C(C)CCC2CC)c(C(=C/N)/C(=C\CC2CC2)C(F)(F)F)s1. The first-order valence-electron chi connectivity index (χ1n) is 12.0. The van der Waals surface area contributed by atoms with Gasteiger partial charge in [0, 0.05) is 23.9 Å². The second-order valence-electron chi connectivity index (χ2n) is 9.27. The molecule has 1 aliphatic heterocycles. The van der Waals surface area contributed by atoms with Gasteiger partial charge >= 0.3 is 6.18 Å². The molecule has 2 N–H and O–H groups in total. The molecule has 0 bridgehead atoms. The maximum atomic E-state index is 14.2. The quantitative estimate of drug-likeness (QED) is 0.348. The summed E-state index contributed by atoms with van der Waals surface area (Å²) < 4.78 is 42.5. The van der Waals surface area contributed by atoms with Crippen LogP contribution in [0, 0.1) is 5.92 Å². The maximum absolute atomic E-state index is 14.2. The third-order valence-corrected chi connectivity index (χ3v) is 7.87. The van der Waals surface area contributed by atoms with Crippen molar-refractivity contribution in [2.24, 2.45) is 11.7 Å². The predicted molar refractivity (Wildman–Crippen MR) is 133 cm³/mol. The number of thiazole rings is 1. The number of hydrogen-bond donors (Lipinski definition) is 1. The number of halogens is 3. The first-order valence-corrected chi connectivity index (χ1v) is 12.8. The van der Waals surface area contributed by atoms with E-state index in [2.05, 4.69) is 31.9 Å². The lowest BCUT2D eigenvalue weighted by molar-refractivity contribution is -0.0873. The van der Waals surface area contributed by atoms with Crippen LogP contribution < -0.4 is 5.73 Å². The summed E-state index contributed by atoms with van der Waals surface area (Å²) in [6.07, 6.45) is 4.93. The van der Waals surface area contributed by atoms with E-state index >= 15 is 0 Å². The standard InChI is InChI=1S/C26H36F3N3S/c1-6-8-16(3)25-31-23(18(5)32-17(4)9-13-20(32)7-2)24(33-25)21(15-30)22(26(27,28)29)14-12-19-10-11-19/h14-15,17,19-20H,3,5-13,30H2,1-2,4H3/b21-15+,22-14+. The van der Waals surface area contributed by atoms with E-state index in [1.54, 1.807) is 0 Å². The third-order valence-electron chi connectivity index (χ3n) is 6.68. The molecule has 3 rings (SSSR count). The number of alkyl halides is 3. The van der Waals surface area contributed by atoms with Crippen LogP contribution in [-0.4, -0.2) is 28.1 Å². The van der Waals surface area contributed by atoms with Crippen molar-refractivity contribution in [1.29, 1.82) is 0 Å². The van der Waals surface area contributed by atoms with E-state index in [-0.39, 0.29) is 11.6 Å². The first-order chi connectivity index (χ1) is 15.6. The van der Waals surface area contributed by atoms with Crippen LogP contribution in [0.2, 0.25) is 0 Å².